The van der Waals surface area contributed by atoms with E-state index in [0.29, 0.717) is 6.61 Å². The minimum absolute atomic E-state index is 0.0485. The standard InChI is InChI=1S/C21H28O3Si/c1-22-18-11-13-19(14-12-18)25(2,3)20-9-5-4-8-17(20)16-24-21-10-6-7-15-23-21/h4-5,8-9,11-14,21H,6-7,10,15-16H2,1-3H3. The Labute approximate surface area is 151 Å². The highest BCUT2D eigenvalue weighted by molar-refractivity contribution is 7.00. The fourth-order valence-corrected chi connectivity index (χ4v) is 6.23. The highest BCUT2D eigenvalue weighted by atomic mass is 28.3. The summed E-state index contributed by atoms with van der Waals surface area (Å²) in [5, 5.41) is 2.82. The molecule has 1 aliphatic heterocycles. The van der Waals surface area contributed by atoms with Crippen molar-refractivity contribution in [2.24, 2.45) is 0 Å². The first-order valence-corrected chi connectivity index (χ1v) is 12.1. The number of hydrogen-bond donors (Lipinski definition) is 0. The molecule has 0 N–H and O–H groups in total. The van der Waals surface area contributed by atoms with Crippen LogP contribution in [0.4, 0.5) is 0 Å². The molecule has 0 spiro atoms. The molecule has 1 heterocycles. The lowest BCUT2D eigenvalue weighted by atomic mass is 10.2. The maximum Gasteiger partial charge on any atom is 0.158 e. The van der Waals surface area contributed by atoms with Gasteiger partial charge in [-0.1, -0.05) is 54.7 Å². The smallest absolute Gasteiger partial charge is 0.158 e. The second kappa shape index (κ2) is 8.17. The third kappa shape index (κ3) is 4.32. The van der Waals surface area contributed by atoms with Gasteiger partial charge in [0.15, 0.2) is 6.29 Å². The Bertz CT molecular complexity index is 676. The summed E-state index contributed by atoms with van der Waals surface area (Å²) in [6.07, 6.45) is 3.29. The molecule has 0 bridgehead atoms. The van der Waals surface area contributed by atoms with Crippen molar-refractivity contribution in [1.29, 1.82) is 0 Å². The van der Waals surface area contributed by atoms with E-state index in [9.17, 15) is 0 Å². The van der Waals surface area contributed by atoms with Gasteiger partial charge in [-0.15, -0.1) is 0 Å². The van der Waals surface area contributed by atoms with Gasteiger partial charge in [0.1, 0.15) is 13.8 Å². The van der Waals surface area contributed by atoms with Gasteiger partial charge in [-0.25, -0.2) is 0 Å². The minimum Gasteiger partial charge on any atom is -0.497 e. The first kappa shape index (κ1) is 18.2. The SMILES string of the molecule is COc1ccc([Si](C)(C)c2ccccc2COC2CCCCO2)cc1. The average Bonchev–Trinajstić information content (AvgIpc) is 2.67. The largest absolute Gasteiger partial charge is 0.497 e. The highest BCUT2D eigenvalue weighted by Gasteiger charge is 2.28. The van der Waals surface area contributed by atoms with Crippen molar-refractivity contribution in [1.82, 2.24) is 0 Å². The molecule has 1 saturated heterocycles. The molecule has 0 aromatic heterocycles. The second-order valence-electron chi connectivity index (χ2n) is 7.12. The summed E-state index contributed by atoms with van der Waals surface area (Å²) >= 11 is 0. The summed E-state index contributed by atoms with van der Waals surface area (Å²) in [6.45, 7) is 6.22. The minimum atomic E-state index is -1.80. The van der Waals surface area contributed by atoms with Crippen molar-refractivity contribution in [2.45, 2.75) is 45.3 Å². The van der Waals surface area contributed by atoms with Gasteiger partial charge in [-0.05, 0) is 42.1 Å². The van der Waals surface area contributed by atoms with E-state index >= 15 is 0 Å². The summed E-state index contributed by atoms with van der Waals surface area (Å²) in [5.74, 6) is 0.902. The number of methoxy groups -OCH3 is 1. The lowest BCUT2D eigenvalue weighted by Crippen LogP contribution is -2.54. The molecule has 2 aromatic rings. The van der Waals surface area contributed by atoms with E-state index < -0.39 is 8.07 Å². The Hall–Kier alpha value is -1.62. The molecule has 0 aliphatic carbocycles. The summed E-state index contributed by atoms with van der Waals surface area (Å²) in [6, 6.07) is 17.2. The zero-order chi connectivity index (χ0) is 17.7. The second-order valence-corrected chi connectivity index (χ2v) is 11.5. The van der Waals surface area contributed by atoms with Crippen LogP contribution in [0.25, 0.3) is 0 Å². The van der Waals surface area contributed by atoms with E-state index in [2.05, 4.69) is 61.6 Å². The number of hydrogen-bond acceptors (Lipinski definition) is 3. The van der Waals surface area contributed by atoms with Crippen LogP contribution in [0.5, 0.6) is 5.75 Å². The Balaban J connectivity index is 1.80. The number of ether oxygens (including phenoxy) is 3. The van der Waals surface area contributed by atoms with Crippen molar-refractivity contribution < 1.29 is 14.2 Å². The fraction of sp³-hybridized carbons (Fsp3) is 0.429. The molecular weight excluding hydrogens is 328 g/mol. The molecule has 0 amide bonds. The first-order valence-electron chi connectivity index (χ1n) is 9.07. The molecule has 1 fully saturated rings. The maximum absolute atomic E-state index is 6.06. The third-order valence-electron chi connectivity index (χ3n) is 5.07. The van der Waals surface area contributed by atoms with Crippen LogP contribution >= 0.6 is 0 Å². The van der Waals surface area contributed by atoms with Crippen LogP contribution < -0.4 is 15.1 Å². The van der Waals surface area contributed by atoms with Gasteiger partial charge in [0.05, 0.1) is 13.7 Å². The van der Waals surface area contributed by atoms with Crippen molar-refractivity contribution >= 4 is 18.4 Å². The third-order valence-corrected chi connectivity index (χ3v) is 8.68. The predicted molar refractivity (Wildman–Crippen MR) is 105 cm³/mol. The molecule has 1 unspecified atom stereocenters. The lowest BCUT2D eigenvalue weighted by Gasteiger charge is -2.28. The molecule has 1 aliphatic rings. The van der Waals surface area contributed by atoms with Gasteiger partial charge in [0.2, 0.25) is 0 Å². The quantitative estimate of drug-likeness (QED) is 0.741. The molecule has 4 heteroatoms. The van der Waals surface area contributed by atoms with Gasteiger partial charge in [-0.3, -0.25) is 0 Å². The maximum atomic E-state index is 6.06. The van der Waals surface area contributed by atoms with E-state index in [1.807, 2.05) is 0 Å². The van der Waals surface area contributed by atoms with Crippen molar-refractivity contribution in [2.75, 3.05) is 13.7 Å². The van der Waals surface area contributed by atoms with E-state index in [1.165, 1.54) is 22.4 Å². The highest BCUT2D eigenvalue weighted by Crippen LogP contribution is 2.17. The van der Waals surface area contributed by atoms with E-state index in [0.717, 1.165) is 25.2 Å². The van der Waals surface area contributed by atoms with Crippen LogP contribution in [0.15, 0.2) is 48.5 Å². The molecular formula is C21H28O3Si. The van der Waals surface area contributed by atoms with Crippen molar-refractivity contribution in [3.8, 4) is 5.75 Å². The Morgan fingerprint density at radius 2 is 1.80 bits per heavy atom. The normalized spacial score (nSPS) is 18.1. The number of rotatable bonds is 6. The molecule has 25 heavy (non-hydrogen) atoms. The monoisotopic (exact) mass is 356 g/mol. The van der Waals surface area contributed by atoms with Crippen LogP contribution in [0.2, 0.25) is 13.1 Å². The molecule has 134 valence electrons. The summed E-state index contributed by atoms with van der Waals surface area (Å²) in [4.78, 5) is 0. The zero-order valence-corrected chi connectivity index (χ0v) is 16.5. The molecule has 3 rings (SSSR count). The summed E-state index contributed by atoms with van der Waals surface area (Å²) < 4.78 is 17.1. The molecule has 2 aromatic carbocycles. The van der Waals surface area contributed by atoms with Gasteiger partial charge < -0.3 is 14.2 Å². The molecule has 0 saturated carbocycles. The van der Waals surface area contributed by atoms with Crippen LogP contribution in [0, 0.1) is 0 Å². The van der Waals surface area contributed by atoms with E-state index in [1.54, 1.807) is 7.11 Å². The summed E-state index contributed by atoms with van der Waals surface area (Å²) in [7, 11) is -0.0930. The van der Waals surface area contributed by atoms with Gasteiger partial charge in [0.25, 0.3) is 0 Å². The topological polar surface area (TPSA) is 27.7 Å². The van der Waals surface area contributed by atoms with E-state index in [-0.39, 0.29) is 6.29 Å². The fourth-order valence-electron chi connectivity index (χ4n) is 3.44. The Morgan fingerprint density at radius 1 is 1.04 bits per heavy atom. The average molecular weight is 357 g/mol. The lowest BCUT2D eigenvalue weighted by molar-refractivity contribution is -0.168. The molecule has 0 radical (unpaired) electrons. The van der Waals surface area contributed by atoms with Crippen LogP contribution in [-0.2, 0) is 16.1 Å². The predicted octanol–water partition coefficient (Wildman–Crippen LogP) is 3.56. The number of benzene rings is 2. The zero-order valence-electron chi connectivity index (χ0n) is 15.5. The molecule has 1 atom stereocenters. The first-order chi connectivity index (χ1) is 12.1. The van der Waals surface area contributed by atoms with Crippen molar-refractivity contribution in [3.63, 3.8) is 0 Å². The van der Waals surface area contributed by atoms with Crippen LogP contribution in [-0.4, -0.2) is 28.1 Å². The van der Waals surface area contributed by atoms with Crippen LogP contribution in [0.1, 0.15) is 24.8 Å². The molecule has 3 nitrogen and oxygen atoms in total. The van der Waals surface area contributed by atoms with Gasteiger partial charge in [0, 0.05) is 6.61 Å². The Kier molecular flexibility index (Phi) is 5.94. The summed E-state index contributed by atoms with van der Waals surface area (Å²) in [5.41, 5.74) is 1.28. The van der Waals surface area contributed by atoms with E-state index in [4.69, 9.17) is 14.2 Å². The van der Waals surface area contributed by atoms with Gasteiger partial charge in [-0.2, -0.15) is 0 Å². The van der Waals surface area contributed by atoms with Gasteiger partial charge >= 0.3 is 0 Å². The van der Waals surface area contributed by atoms with Crippen molar-refractivity contribution in [3.05, 3.63) is 54.1 Å². The Morgan fingerprint density at radius 3 is 2.48 bits per heavy atom. The van der Waals surface area contributed by atoms with Crippen LogP contribution in [0.3, 0.4) is 0 Å².